The lowest BCUT2D eigenvalue weighted by molar-refractivity contribution is -0.135. The molecule has 160 valence electrons. The second-order valence-electron chi connectivity index (χ2n) is 7.51. The first-order valence-corrected chi connectivity index (χ1v) is 10.4. The maximum atomic E-state index is 12.0. The molecule has 0 atom stereocenters. The maximum Gasteiger partial charge on any atom is 0.389 e. The number of nitrogens with one attached hydrogen (secondary N) is 1. The van der Waals surface area contributed by atoms with Crippen LogP contribution < -0.4 is 5.32 Å². The molecule has 0 aromatic heterocycles. The molecule has 1 rings (SSSR count). The van der Waals surface area contributed by atoms with Crippen LogP contribution in [0.25, 0.3) is 0 Å². The van der Waals surface area contributed by atoms with E-state index in [0.717, 1.165) is 57.2 Å². The van der Waals surface area contributed by atoms with Crippen LogP contribution in [0.3, 0.4) is 0 Å². The van der Waals surface area contributed by atoms with Gasteiger partial charge in [0.15, 0.2) is 0 Å². The van der Waals surface area contributed by atoms with Gasteiger partial charge < -0.3 is 10.1 Å². The van der Waals surface area contributed by atoms with Crippen LogP contribution in [0.4, 0.5) is 18.9 Å². The van der Waals surface area contributed by atoms with E-state index < -0.39 is 12.6 Å². The van der Waals surface area contributed by atoms with E-state index in [4.69, 9.17) is 4.74 Å². The largest absolute Gasteiger partial charge is 0.459 e. The smallest absolute Gasteiger partial charge is 0.389 e. The third-order valence-corrected chi connectivity index (χ3v) is 4.43. The minimum Gasteiger partial charge on any atom is -0.459 e. The first kappa shape index (κ1) is 24.3. The Morgan fingerprint density at radius 2 is 1.39 bits per heavy atom. The molecule has 0 saturated heterocycles. The van der Waals surface area contributed by atoms with Crippen LogP contribution in [0.1, 0.15) is 88.4 Å². The van der Waals surface area contributed by atoms with Gasteiger partial charge in [-0.2, -0.15) is 13.2 Å². The van der Waals surface area contributed by atoms with Crippen molar-refractivity contribution in [2.75, 3.05) is 11.9 Å². The van der Waals surface area contributed by atoms with Crippen LogP contribution in [-0.4, -0.2) is 24.8 Å². The summed E-state index contributed by atoms with van der Waals surface area (Å²) in [5.74, 6) is -0.304. The Bertz CT molecular complexity index is 542. The molecule has 0 aliphatic heterocycles. The van der Waals surface area contributed by atoms with Crippen molar-refractivity contribution in [1.82, 2.24) is 0 Å². The summed E-state index contributed by atoms with van der Waals surface area (Å²) in [5, 5.41) is 3.34. The van der Waals surface area contributed by atoms with Crippen LogP contribution >= 0.6 is 0 Å². The highest BCUT2D eigenvalue weighted by molar-refractivity contribution is 5.89. The molecule has 0 amide bonds. The lowest BCUT2D eigenvalue weighted by Gasteiger charge is -2.09. The van der Waals surface area contributed by atoms with Gasteiger partial charge in [0.05, 0.1) is 11.7 Å². The molecule has 6 heteroatoms. The normalized spacial score (nSPS) is 11.6. The molecule has 0 bridgehead atoms. The van der Waals surface area contributed by atoms with Crippen molar-refractivity contribution < 1.29 is 22.7 Å². The fourth-order valence-corrected chi connectivity index (χ4v) is 2.93. The van der Waals surface area contributed by atoms with Crippen LogP contribution in [0, 0.1) is 0 Å². The Hall–Kier alpha value is -1.72. The summed E-state index contributed by atoms with van der Waals surface area (Å²) in [5.41, 5.74) is 1.54. The fourth-order valence-electron chi connectivity index (χ4n) is 2.93. The number of halogens is 3. The highest BCUT2D eigenvalue weighted by Gasteiger charge is 2.25. The zero-order chi connectivity index (χ0) is 20.8. The molecule has 1 aromatic carbocycles. The Morgan fingerprint density at radius 3 is 1.89 bits per heavy atom. The van der Waals surface area contributed by atoms with Gasteiger partial charge >= 0.3 is 12.1 Å². The Kier molecular flexibility index (Phi) is 11.7. The number of hydrogen-bond donors (Lipinski definition) is 1. The molecule has 0 aliphatic rings. The number of carbonyl (C=O) groups is 1. The first-order valence-electron chi connectivity index (χ1n) is 10.4. The zero-order valence-corrected chi connectivity index (χ0v) is 17.1. The fraction of sp³-hybridized carbons (Fsp3) is 0.682. The topological polar surface area (TPSA) is 38.3 Å². The molecule has 0 aliphatic carbocycles. The number of carbonyl (C=O) groups excluding carboxylic acids is 1. The molecule has 0 saturated carbocycles. The van der Waals surface area contributed by atoms with Crippen LogP contribution in [0.15, 0.2) is 24.3 Å². The summed E-state index contributed by atoms with van der Waals surface area (Å²) < 4.78 is 41.2. The quantitative estimate of drug-likeness (QED) is 0.266. The van der Waals surface area contributed by atoms with E-state index in [1.54, 1.807) is 12.1 Å². The predicted octanol–water partition coefficient (Wildman–Crippen LogP) is 7.13. The van der Waals surface area contributed by atoms with Crippen molar-refractivity contribution in [2.45, 2.75) is 90.3 Å². The van der Waals surface area contributed by atoms with E-state index in [0.29, 0.717) is 12.0 Å². The maximum absolute atomic E-state index is 12.0. The van der Waals surface area contributed by atoms with Gasteiger partial charge in [-0.1, -0.05) is 44.9 Å². The number of unbranched alkanes of at least 4 members (excludes halogenated alkanes) is 8. The van der Waals surface area contributed by atoms with Gasteiger partial charge in [0.2, 0.25) is 0 Å². The summed E-state index contributed by atoms with van der Waals surface area (Å²) in [6.45, 7) is 4.53. The number of hydrogen-bond acceptors (Lipinski definition) is 3. The Labute approximate surface area is 167 Å². The van der Waals surface area contributed by atoms with Crippen molar-refractivity contribution in [1.29, 1.82) is 0 Å². The summed E-state index contributed by atoms with van der Waals surface area (Å²) in [6.07, 6.45) is 3.71. The third kappa shape index (κ3) is 12.6. The second-order valence-corrected chi connectivity index (χ2v) is 7.51. The first-order chi connectivity index (χ1) is 13.3. The van der Waals surface area contributed by atoms with Gasteiger partial charge in [-0.25, -0.2) is 4.79 Å². The Balaban J connectivity index is 1.98. The summed E-state index contributed by atoms with van der Waals surface area (Å²) >= 11 is 0. The van der Waals surface area contributed by atoms with Crippen LogP contribution in [0.5, 0.6) is 0 Å². The average Bonchev–Trinajstić information content (AvgIpc) is 2.61. The second kappa shape index (κ2) is 13.5. The lowest BCUT2D eigenvalue weighted by atomic mass is 10.1. The standard InChI is InChI=1S/C22H34F3NO2/c1-18(2)28-21(27)19-12-14-20(15-13-19)26-17-11-9-7-5-3-4-6-8-10-16-22(23,24)25/h12-15,18,26H,3-11,16-17H2,1-2H3. The van der Waals surface area contributed by atoms with E-state index in [2.05, 4.69) is 5.32 Å². The molecule has 0 fully saturated rings. The van der Waals surface area contributed by atoms with Crippen LogP contribution in [0.2, 0.25) is 0 Å². The van der Waals surface area contributed by atoms with E-state index in [-0.39, 0.29) is 18.5 Å². The number of alkyl halides is 3. The summed E-state index contributed by atoms with van der Waals surface area (Å²) in [6, 6.07) is 7.30. The third-order valence-electron chi connectivity index (χ3n) is 4.43. The monoisotopic (exact) mass is 401 g/mol. The van der Waals surface area contributed by atoms with E-state index in [9.17, 15) is 18.0 Å². The molecule has 0 heterocycles. The molecule has 0 unspecified atom stereocenters. The molecule has 1 N–H and O–H groups in total. The molecular weight excluding hydrogens is 367 g/mol. The van der Waals surface area contributed by atoms with Crippen molar-refractivity contribution >= 4 is 11.7 Å². The van der Waals surface area contributed by atoms with Crippen molar-refractivity contribution in [3.05, 3.63) is 29.8 Å². The SMILES string of the molecule is CC(C)OC(=O)c1ccc(NCCCCCCCCCCCC(F)(F)F)cc1. The van der Waals surface area contributed by atoms with Crippen LogP contribution in [-0.2, 0) is 4.74 Å². The average molecular weight is 402 g/mol. The number of benzene rings is 1. The minimum atomic E-state index is -4.00. The summed E-state index contributed by atoms with van der Waals surface area (Å²) in [7, 11) is 0. The van der Waals surface area contributed by atoms with Gasteiger partial charge in [-0.15, -0.1) is 0 Å². The molecule has 28 heavy (non-hydrogen) atoms. The van der Waals surface area contributed by atoms with Gasteiger partial charge in [-0.3, -0.25) is 0 Å². The van der Waals surface area contributed by atoms with Gasteiger partial charge in [0.1, 0.15) is 0 Å². The zero-order valence-electron chi connectivity index (χ0n) is 17.1. The lowest BCUT2D eigenvalue weighted by Crippen LogP contribution is -2.11. The van der Waals surface area contributed by atoms with E-state index in [1.165, 1.54) is 0 Å². The number of esters is 1. The van der Waals surface area contributed by atoms with Gasteiger partial charge in [-0.05, 0) is 51.0 Å². The predicted molar refractivity (Wildman–Crippen MR) is 108 cm³/mol. The Morgan fingerprint density at radius 1 is 0.893 bits per heavy atom. The molecular formula is C22H34F3NO2. The number of anilines is 1. The van der Waals surface area contributed by atoms with Gasteiger partial charge in [0, 0.05) is 18.7 Å². The van der Waals surface area contributed by atoms with Crippen molar-refractivity contribution in [3.8, 4) is 0 Å². The van der Waals surface area contributed by atoms with Crippen molar-refractivity contribution in [2.24, 2.45) is 0 Å². The molecule has 1 aromatic rings. The molecule has 3 nitrogen and oxygen atoms in total. The highest BCUT2D eigenvalue weighted by atomic mass is 19.4. The molecule has 0 spiro atoms. The number of rotatable bonds is 14. The molecule has 0 radical (unpaired) electrons. The number of ether oxygens (including phenoxy) is 1. The van der Waals surface area contributed by atoms with E-state index >= 15 is 0 Å². The highest BCUT2D eigenvalue weighted by Crippen LogP contribution is 2.23. The minimum absolute atomic E-state index is 0.125. The van der Waals surface area contributed by atoms with Crippen molar-refractivity contribution in [3.63, 3.8) is 0 Å². The summed E-state index contributed by atoms with van der Waals surface area (Å²) in [4.78, 5) is 11.8. The van der Waals surface area contributed by atoms with Gasteiger partial charge in [0.25, 0.3) is 0 Å². The van der Waals surface area contributed by atoms with E-state index in [1.807, 2.05) is 26.0 Å².